The molecule has 0 aromatic rings. The number of guanidine groups is 1. The van der Waals surface area contributed by atoms with Crippen molar-refractivity contribution in [1.82, 2.24) is 15.5 Å². The summed E-state index contributed by atoms with van der Waals surface area (Å²) in [5, 5.41) is 6.63. The Balaban J connectivity index is 0.00000289. The summed E-state index contributed by atoms with van der Waals surface area (Å²) in [6.45, 7) is 11.0. The largest absolute Gasteiger partial charge is 0.357 e. The average molecular weight is 368 g/mol. The third-order valence-electron chi connectivity index (χ3n) is 3.47. The lowest BCUT2D eigenvalue weighted by atomic mass is 9.98. The Hall–Kier alpha value is -0.0400. The monoisotopic (exact) mass is 368 g/mol. The molecule has 0 bridgehead atoms. The van der Waals surface area contributed by atoms with Gasteiger partial charge in [0.15, 0.2) is 5.96 Å². The highest BCUT2D eigenvalue weighted by Gasteiger charge is 2.27. The number of likely N-dealkylation sites (tertiary alicyclic amines) is 1. The smallest absolute Gasteiger partial charge is 0.191 e. The number of halogens is 1. The van der Waals surface area contributed by atoms with Crippen LogP contribution >= 0.6 is 24.0 Å². The molecule has 0 aromatic heterocycles. The molecule has 0 saturated carbocycles. The van der Waals surface area contributed by atoms with Crippen molar-refractivity contribution in [3.8, 4) is 0 Å². The fourth-order valence-corrected chi connectivity index (χ4v) is 2.30. The van der Waals surface area contributed by atoms with Crippen LogP contribution in [-0.2, 0) is 0 Å². The van der Waals surface area contributed by atoms with E-state index in [0.29, 0.717) is 0 Å². The molecule has 1 rings (SSSR count). The maximum absolute atomic E-state index is 4.20. The zero-order valence-electron chi connectivity index (χ0n) is 12.3. The molecule has 0 aromatic carbocycles. The van der Waals surface area contributed by atoms with Gasteiger partial charge in [-0.2, -0.15) is 0 Å². The molecule has 0 unspecified atom stereocenters. The van der Waals surface area contributed by atoms with Crippen LogP contribution in [0.4, 0.5) is 0 Å². The Labute approximate surface area is 129 Å². The molecule has 4 nitrogen and oxygen atoms in total. The van der Waals surface area contributed by atoms with Crippen molar-refractivity contribution in [2.45, 2.75) is 45.6 Å². The maximum Gasteiger partial charge on any atom is 0.191 e. The molecule has 18 heavy (non-hydrogen) atoms. The standard InChI is InChI=1S/C13H28N4.HI/c1-5-15-12(14-4)16-11-13(2,3)17-9-7-6-8-10-17;/h5-11H2,1-4H3,(H2,14,15,16);1H. The molecule has 1 fully saturated rings. The molecule has 5 heteroatoms. The van der Waals surface area contributed by atoms with E-state index in [0.717, 1.165) is 19.0 Å². The van der Waals surface area contributed by atoms with Crippen molar-refractivity contribution in [1.29, 1.82) is 0 Å². The van der Waals surface area contributed by atoms with Crippen LogP contribution < -0.4 is 10.6 Å². The van der Waals surface area contributed by atoms with E-state index in [9.17, 15) is 0 Å². The van der Waals surface area contributed by atoms with E-state index in [1.54, 1.807) is 0 Å². The summed E-state index contributed by atoms with van der Waals surface area (Å²) < 4.78 is 0. The van der Waals surface area contributed by atoms with Crippen molar-refractivity contribution >= 4 is 29.9 Å². The van der Waals surface area contributed by atoms with Gasteiger partial charge in [0, 0.05) is 25.7 Å². The molecule has 1 saturated heterocycles. The van der Waals surface area contributed by atoms with Crippen LogP contribution in [0.25, 0.3) is 0 Å². The highest BCUT2D eigenvalue weighted by Crippen LogP contribution is 2.19. The van der Waals surface area contributed by atoms with Gasteiger partial charge in [0.25, 0.3) is 0 Å². The van der Waals surface area contributed by atoms with Crippen LogP contribution in [0.15, 0.2) is 4.99 Å². The molecule has 1 aliphatic heterocycles. The lowest BCUT2D eigenvalue weighted by Gasteiger charge is -2.41. The number of piperidine rings is 1. The molecule has 1 aliphatic rings. The van der Waals surface area contributed by atoms with E-state index in [-0.39, 0.29) is 29.5 Å². The number of rotatable bonds is 4. The average Bonchev–Trinajstić information content (AvgIpc) is 2.35. The van der Waals surface area contributed by atoms with Crippen LogP contribution in [0.2, 0.25) is 0 Å². The van der Waals surface area contributed by atoms with Gasteiger partial charge in [0.05, 0.1) is 0 Å². The fraction of sp³-hybridized carbons (Fsp3) is 0.923. The first-order chi connectivity index (χ1) is 8.10. The minimum absolute atomic E-state index is 0. The Morgan fingerprint density at radius 2 is 1.78 bits per heavy atom. The molecule has 1 heterocycles. The Kier molecular flexibility index (Phi) is 8.94. The molecule has 2 N–H and O–H groups in total. The number of hydrogen-bond acceptors (Lipinski definition) is 2. The van der Waals surface area contributed by atoms with Crippen LogP contribution in [-0.4, -0.2) is 49.6 Å². The van der Waals surface area contributed by atoms with Crippen LogP contribution in [0.3, 0.4) is 0 Å². The summed E-state index contributed by atoms with van der Waals surface area (Å²) >= 11 is 0. The van der Waals surface area contributed by atoms with Crippen molar-refractivity contribution in [2.75, 3.05) is 33.2 Å². The van der Waals surface area contributed by atoms with Gasteiger partial charge >= 0.3 is 0 Å². The molecular weight excluding hydrogens is 339 g/mol. The van der Waals surface area contributed by atoms with Gasteiger partial charge in [-0.3, -0.25) is 9.89 Å². The number of hydrogen-bond donors (Lipinski definition) is 2. The number of aliphatic imine (C=N–C) groups is 1. The molecule has 0 aliphatic carbocycles. The van der Waals surface area contributed by atoms with Gasteiger partial charge < -0.3 is 10.6 Å². The third-order valence-corrected chi connectivity index (χ3v) is 3.47. The van der Waals surface area contributed by atoms with E-state index >= 15 is 0 Å². The second-order valence-electron chi connectivity index (χ2n) is 5.32. The lowest BCUT2D eigenvalue weighted by Crippen LogP contribution is -2.54. The van der Waals surface area contributed by atoms with E-state index in [1.807, 2.05) is 7.05 Å². The minimum atomic E-state index is 0. The SMILES string of the molecule is CCNC(=NC)NCC(C)(C)N1CCCCC1.I. The summed E-state index contributed by atoms with van der Waals surface area (Å²) in [6, 6.07) is 0. The normalized spacial score (nSPS) is 18.1. The van der Waals surface area contributed by atoms with Crippen LogP contribution in [0.5, 0.6) is 0 Å². The van der Waals surface area contributed by atoms with Gasteiger partial charge in [-0.05, 0) is 46.7 Å². The predicted molar refractivity (Wildman–Crippen MR) is 90.0 cm³/mol. The highest BCUT2D eigenvalue weighted by molar-refractivity contribution is 14.0. The maximum atomic E-state index is 4.20. The second kappa shape index (κ2) is 8.96. The number of nitrogens with one attached hydrogen (secondary N) is 2. The highest BCUT2D eigenvalue weighted by atomic mass is 127. The Morgan fingerprint density at radius 1 is 1.17 bits per heavy atom. The zero-order chi connectivity index (χ0) is 12.7. The summed E-state index contributed by atoms with van der Waals surface area (Å²) in [6.07, 6.45) is 4.07. The Morgan fingerprint density at radius 3 is 2.28 bits per heavy atom. The van der Waals surface area contributed by atoms with E-state index in [1.165, 1.54) is 32.4 Å². The van der Waals surface area contributed by atoms with E-state index in [4.69, 9.17) is 0 Å². The molecule has 0 amide bonds. The lowest BCUT2D eigenvalue weighted by molar-refractivity contribution is 0.0982. The van der Waals surface area contributed by atoms with Gasteiger partial charge in [-0.25, -0.2) is 0 Å². The quantitative estimate of drug-likeness (QED) is 0.453. The number of nitrogens with zero attached hydrogens (tertiary/aromatic N) is 2. The summed E-state index contributed by atoms with van der Waals surface area (Å²) in [7, 11) is 1.82. The van der Waals surface area contributed by atoms with Crippen LogP contribution in [0, 0.1) is 0 Å². The summed E-state index contributed by atoms with van der Waals surface area (Å²) in [5.74, 6) is 0.901. The Bertz CT molecular complexity index is 247. The fourth-order valence-electron chi connectivity index (χ4n) is 2.30. The first-order valence-electron chi connectivity index (χ1n) is 6.79. The summed E-state index contributed by atoms with van der Waals surface area (Å²) in [4.78, 5) is 6.79. The van der Waals surface area contributed by atoms with Gasteiger partial charge in [-0.1, -0.05) is 6.42 Å². The first kappa shape index (κ1) is 18.0. The molecule has 0 spiro atoms. The zero-order valence-corrected chi connectivity index (χ0v) is 14.6. The van der Waals surface area contributed by atoms with Crippen molar-refractivity contribution < 1.29 is 0 Å². The third kappa shape index (κ3) is 5.73. The molecular formula is C13H29IN4. The molecule has 108 valence electrons. The first-order valence-corrected chi connectivity index (χ1v) is 6.79. The van der Waals surface area contributed by atoms with E-state index in [2.05, 4.69) is 41.3 Å². The van der Waals surface area contributed by atoms with Gasteiger partial charge in [0.1, 0.15) is 0 Å². The molecule has 0 atom stereocenters. The second-order valence-corrected chi connectivity index (χ2v) is 5.32. The summed E-state index contributed by atoms with van der Waals surface area (Å²) in [5.41, 5.74) is 0.200. The van der Waals surface area contributed by atoms with Crippen molar-refractivity contribution in [3.05, 3.63) is 0 Å². The minimum Gasteiger partial charge on any atom is -0.357 e. The predicted octanol–water partition coefficient (Wildman–Crippen LogP) is 2.05. The molecule has 0 radical (unpaired) electrons. The van der Waals surface area contributed by atoms with Crippen LogP contribution in [0.1, 0.15) is 40.0 Å². The van der Waals surface area contributed by atoms with Crippen molar-refractivity contribution in [3.63, 3.8) is 0 Å². The van der Waals surface area contributed by atoms with Gasteiger partial charge in [-0.15, -0.1) is 24.0 Å². The topological polar surface area (TPSA) is 39.7 Å². The van der Waals surface area contributed by atoms with Crippen molar-refractivity contribution in [2.24, 2.45) is 4.99 Å². The van der Waals surface area contributed by atoms with E-state index < -0.39 is 0 Å². The van der Waals surface area contributed by atoms with Gasteiger partial charge in [0.2, 0.25) is 0 Å².